The van der Waals surface area contributed by atoms with Crippen LogP contribution in [-0.2, 0) is 4.79 Å². The summed E-state index contributed by atoms with van der Waals surface area (Å²) < 4.78 is 0. The average molecular weight is 181 g/mol. The van der Waals surface area contributed by atoms with Crippen molar-refractivity contribution in [1.29, 1.82) is 0 Å². The van der Waals surface area contributed by atoms with E-state index in [4.69, 9.17) is 0 Å². The first-order valence-electron chi connectivity index (χ1n) is 5.58. The van der Waals surface area contributed by atoms with Crippen LogP contribution in [0.5, 0.6) is 0 Å². The van der Waals surface area contributed by atoms with Crippen LogP contribution in [0.15, 0.2) is 0 Å². The minimum absolute atomic E-state index is 0.256. The third-order valence-electron chi connectivity index (χ3n) is 3.60. The van der Waals surface area contributed by atoms with Crippen LogP contribution >= 0.6 is 0 Å². The van der Waals surface area contributed by atoms with Crippen molar-refractivity contribution >= 4 is 5.91 Å². The van der Waals surface area contributed by atoms with E-state index in [0.29, 0.717) is 6.04 Å². The highest BCUT2D eigenvalue weighted by Gasteiger charge is 2.33. The smallest absolute Gasteiger partial charge is 0.223 e. The minimum atomic E-state index is 0.256. The zero-order chi connectivity index (χ0) is 9.26. The third-order valence-corrected chi connectivity index (χ3v) is 3.60. The van der Waals surface area contributed by atoms with Gasteiger partial charge in [-0.1, -0.05) is 26.2 Å². The first-order valence-corrected chi connectivity index (χ1v) is 5.58. The van der Waals surface area contributed by atoms with Gasteiger partial charge in [0.15, 0.2) is 0 Å². The molecule has 2 rings (SSSR count). The van der Waals surface area contributed by atoms with Crippen LogP contribution in [0.1, 0.15) is 45.4 Å². The van der Waals surface area contributed by atoms with E-state index in [1.165, 1.54) is 32.1 Å². The Kier molecular flexibility index (Phi) is 2.56. The van der Waals surface area contributed by atoms with Crippen LogP contribution in [0.2, 0.25) is 0 Å². The van der Waals surface area contributed by atoms with Gasteiger partial charge in [-0.3, -0.25) is 4.79 Å². The van der Waals surface area contributed by atoms with E-state index in [-0.39, 0.29) is 11.8 Å². The van der Waals surface area contributed by atoms with Crippen molar-refractivity contribution in [2.45, 2.75) is 51.5 Å². The van der Waals surface area contributed by atoms with Gasteiger partial charge in [-0.05, 0) is 25.2 Å². The lowest BCUT2D eigenvalue weighted by molar-refractivity contribution is -0.122. The van der Waals surface area contributed by atoms with Crippen LogP contribution < -0.4 is 5.32 Å². The molecule has 0 aromatic carbocycles. The molecule has 2 fully saturated rings. The standard InChI is InChI=1S/C11H19NO/c1-8-7-10(12-11(8)13)9-5-3-2-4-6-9/h8-10H,2-7H2,1H3,(H,12,13). The van der Waals surface area contributed by atoms with Gasteiger partial charge in [-0.15, -0.1) is 0 Å². The van der Waals surface area contributed by atoms with Gasteiger partial charge in [0.1, 0.15) is 0 Å². The number of amides is 1. The summed E-state index contributed by atoms with van der Waals surface area (Å²) in [4.78, 5) is 11.3. The molecule has 1 aliphatic carbocycles. The van der Waals surface area contributed by atoms with Gasteiger partial charge in [-0.2, -0.15) is 0 Å². The molecule has 2 nitrogen and oxygen atoms in total. The summed E-state index contributed by atoms with van der Waals surface area (Å²) in [6.07, 6.45) is 7.86. The maximum absolute atomic E-state index is 11.3. The molecule has 1 heterocycles. The summed E-state index contributed by atoms with van der Waals surface area (Å²) in [7, 11) is 0. The second-order valence-corrected chi connectivity index (χ2v) is 4.65. The Bertz CT molecular complexity index is 196. The predicted octanol–water partition coefficient (Wildman–Crippen LogP) is 2.09. The monoisotopic (exact) mass is 181 g/mol. The molecular formula is C11H19NO. The average Bonchev–Trinajstić information content (AvgIpc) is 2.49. The van der Waals surface area contributed by atoms with Gasteiger partial charge in [0, 0.05) is 12.0 Å². The van der Waals surface area contributed by atoms with Crippen molar-refractivity contribution in [2.24, 2.45) is 11.8 Å². The first-order chi connectivity index (χ1) is 6.27. The van der Waals surface area contributed by atoms with Crippen LogP contribution in [0.4, 0.5) is 0 Å². The summed E-state index contributed by atoms with van der Waals surface area (Å²) in [6.45, 7) is 2.04. The van der Waals surface area contributed by atoms with Crippen molar-refractivity contribution in [1.82, 2.24) is 5.32 Å². The zero-order valence-electron chi connectivity index (χ0n) is 8.38. The van der Waals surface area contributed by atoms with Crippen LogP contribution in [-0.4, -0.2) is 11.9 Å². The highest BCUT2D eigenvalue weighted by atomic mass is 16.2. The summed E-state index contributed by atoms with van der Waals surface area (Å²) in [5, 5.41) is 3.13. The number of hydrogen-bond acceptors (Lipinski definition) is 1. The number of nitrogens with one attached hydrogen (secondary N) is 1. The Morgan fingerprint density at radius 3 is 2.46 bits per heavy atom. The van der Waals surface area contributed by atoms with E-state index >= 15 is 0 Å². The molecule has 13 heavy (non-hydrogen) atoms. The predicted molar refractivity (Wildman–Crippen MR) is 52.3 cm³/mol. The Balaban J connectivity index is 1.90. The lowest BCUT2D eigenvalue weighted by Gasteiger charge is -2.27. The van der Waals surface area contributed by atoms with E-state index < -0.39 is 0 Å². The van der Waals surface area contributed by atoms with Gasteiger partial charge in [0.05, 0.1) is 0 Å². The van der Waals surface area contributed by atoms with Gasteiger partial charge >= 0.3 is 0 Å². The number of hydrogen-bond donors (Lipinski definition) is 1. The quantitative estimate of drug-likeness (QED) is 0.659. The van der Waals surface area contributed by atoms with Crippen LogP contribution in [0.3, 0.4) is 0 Å². The molecule has 1 N–H and O–H groups in total. The van der Waals surface area contributed by atoms with E-state index in [9.17, 15) is 4.79 Å². The molecule has 2 unspecified atom stereocenters. The van der Waals surface area contributed by atoms with Gasteiger partial charge in [0.25, 0.3) is 0 Å². The van der Waals surface area contributed by atoms with Gasteiger partial charge in [0.2, 0.25) is 5.91 Å². The molecule has 1 saturated carbocycles. The summed E-state index contributed by atoms with van der Waals surface area (Å²) in [6, 6.07) is 0.503. The molecule has 0 bridgehead atoms. The second-order valence-electron chi connectivity index (χ2n) is 4.65. The maximum atomic E-state index is 11.3. The highest BCUT2D eigenvalue weighted by Crippen LogP contribution is 2.31. The fourth-order valence-corrected chi connectivity index (χ4v) is 2.72. The molecule has 0 aromatic heterocycles. The van der Waals surface area contributed by atoms with Crippen LogP contribution in [0.25, 0.3) is 0 Å². The molecule has 2 heteroatoms. The summed E-state index contributed by atoms with van der Waals surface area (Å²) in [5.74, 6) is 1.31. The number of carbonyl (C=O) groups is 1. The second kappa shape index (κ2) is 3.69. The molecule has 1 amide bonds. The summed E-state index contributed by atoms with van der Waals surface area (Å²) in [5.41, 5.74) is 0. The maximum Gasteiger partial charge on any atom is 0.223 e. The van der Waals surface area contributed by atoms with E-state index in [2.05, 4.69) is 5.32 Å². The van der Waals surface area contributed by atoms with Crippen LogP contribution in [0, 0.1) is 11.8 Å². The Labute approximate surface area is 80.1 Å². The molecule has 0 radical (unpaired) electrons. The number of rotatable bonds is 1. The molecule has 74 valence electrons. The fourth-order valence-electron chi connectivity index (χ4n) is 2.72. The molecule has 0 aromatic rings. The fraction of sp³-hybridized carbons (Fsp3) is 0.909. The molecule has 0 spiro atoms. The SMILES string of the molecule is CC1CC(C2CCCCC2)NC1=O. The minimum Gasteiger partial charge on any atom is -0.353 e. The Morgan fingerprint density at radius 2 is 1.92 bits per heavy atom. The van der Waals surface area contributed by atoms with E-state index in [1.807, 2.05) is 6.92 Å². The largest absolute Gasteiger partial charge is 0.353 e. The van der Waals surface area contributed by atoms with Gasteiger partial charge < -0.3 is 5.32 Å². The zero-order valence-corrected chi connectivity index (χ0v) is 8.38. The normalized spacial score (nSPS) is 36.2. The lowest BCUT2D eigenvalue weighted by atomic mass is 9.82. The van der Waals surface area contributed by atoms with Crippen molar-refractivity contribution in [3.8, 4) is 0 Å². The summed E-state index contributed by atoms with van der Waals surface area (Å²) >= 11 is 0. The van der Waals surface area contributed by atoms with Crippen molar-refractivity contribution in [2.75, 3.05) is 0 Å². The van der Waals surface area contributed by atoms with Crippen molar-refractivity contribution in [3.05, 3.63) is 0 Å². The molecule has 2 atom stereocenters. The van der Waals surface area contributed by atoms with Crippen molar-refractivity contribution in [3.63, 3.8) is 0 Å². The highest BCUT2D eigenvalue weighted by molar-refractivity contribution is 5.80. The molecule has 2 aliphatic rings. The molecular weight excluding hydrogens is 162 g/mol. The number of carbonyl (C=O) groups excluding carboxylic acids is 1. The molecule has 1 aliphatic heterocycles. The third kappa shape index (κ3) is 1.87. The lowest BCUT2D eigenvalue weighted by Crippen LogP contribution is -2.33. The van der Waals surface area contributed by atoms with Gasteiger partial charge in [-0.25, -0.2) is 0 Å². The van der Waals surface area contributed by atoms with E-state index in [1.54, 1.807) is 0 Å². The first kappa shape index (κ1) is 9.04. The topological polar surface area (TPSA) is 29.1 Å². The van der Waals surface area contributed by atoms with E-state index in [0.717, 1.165) is 12.3 Å². The molecule has 1 saturated heterocycles. The Hall–Kier alpha value is -0.530. The Morgan fingerprint density at radius 1 is 1.23 bits per heavy atom. The van der Waals surface area contributed by atoms with Crippen molar-refractivity contribution < 1.29 is 4.79 Å².